The van der Waals surface area contributed by atoms with Crippen LogP contribution < -0.4 is 0 Å². The van der Waals surface area contributed by atoms with Crippen molar-refractivity contribution >= 4 is 0 Å². The second kappa shape index (κ2) is 3.60. The molecule has 0 saturated heterocycles. The van der Waals surface area contributed by atoms with E-state index in [0.717, 1.165) is 0 Å². The molecule has 0 unspecified atom stereocenters. The van der Waals surface area contributed by atoms with Gasteiger partial charge >= 0.3 is 0 Å². The molecule has 0 amide bonds. The first-order valence-corrected chi connectivity index (χ1v) is 4.15. The maximum Gasteiger partial charge on any atom is 0.183 e. The van der Waals surface area contributed by atoms with Crippen LogP contribution in [-0.4, -0.2) is 14.5 Å². The van der Waals surface area contributed by atoms with Crippen LogP contribution in [0, 0.1) is 22.7 Å². The fourth-order valence-electron chi connectivity index (χ4n) is 1.24. The lowest BCUT2D eigenvalue weighted by Gasteiger charge is -2.03. The molecule has 5 heteroatoms. The Morgan fingerprint density at radius 3 is 2.67 bits per heavy atom. The molecular formula is C10H5N5. The molecule has 0 aromatic carbocycles. The van der Waals surface area contributed by atoms with Crippen molar-refractivity contribution in [3.63, 3.8) is 0 Å². The number of hydrogen-bond donors (Lipinski definition) is 0. The molecular weight excluding hydrogens is 190 g/mol. The normalized spacial score (nSPS) is 9.20. The molecule has 0 N–H and O–H groups in total. The molecule has 70 valence electrons. The monoisotopic (exact) mass is 195 g/mol. The molecule has 0 saturated carbocycles. The minimum atomic E-state index is 0.199. The summed E-state index contributed by atoms with van der Waals surface area (Å²) in [6, 6.07) is 7.31. The molecule has 2 heterocycles. The van der Waals surface area contributed by atoms with Crippen molar-refractivity contribution in [1.82, 2.24) is 14.5 Å². The van der Waals surface area contributed by atoms with Crippen molar-refractivity contribution in [1.29, 1.82) is 10.5 Å². The summed E-state index contributed by atoms with van der Waals surface area (Å²) in [5.41, 5.74) is 0.622. The van der Waals surface area contributed by atoms with E-state index in [9.17, 15) is 0 Å². The summed E-state index contributed by atoms with van der Waals surface area (Å²) in [4.78, 5) is 7.90. The third-order valence-corrected chi connectivity index (χ3v) is 1.88. The van der Waals surface area contributed by atoms with Crippen LogP contribution in [0.25, 0.3) is 5.82 Å². The SMILES string of the molecule is N#Cc1nccnc1-n1cccc1C#N. The maximum absolute atomic E-state index is 8.83. The van der Waals surface area contributed by atoms with Crippen LogP contribution in [0.4, 0.5) is 0 Å². The Bertz CT molecular complexity index is 570. The molecule has 0 aliphatic rings. The molecule has 15 heavy (non-hydrogen) atoms. The van der Waals surface area contributed by atoms with Crippen LogP contribution in [0.1, 0.15) is 11.4 Å². The highest BCUT2D eigenvalue weighted by atomic mass is 15.1. The van der Waals surface area contributed by atoms with E-state index in [-0.39, 0.29) is 5.69 Å². The quantitative estimate of drug-likeness (QED) is 0.680. The second-order valence-corrected chi connectivity index (χ2v) is 2.72. The van der Waals surface area contributed by atoms with E-state index in [4.69, 9.17) is 10.5 Å². The predicted octanol–water partition coefficient (Wildman–Crippen LogP) is 1.01. The van der Waals surface area contributed by atoms with Crippen molar-refractivity contribution in [3.05, 3.63) is 42.1 Å². The Morgan fingerprint density at radius 2 is 1.93 bits per heavy atom. The Morgan fingerprint density at radius 1 is 1.13 bits per heavy atom. The third kappa shape index (κ3) is 1.43. The van der Waals surface area contributed by atoms with E-state index < -0.39 is 0 Å². The topological polar surface area (TPSA) is 78.3 Å². The maximum atomic E-state index is 8.83. The first-order chi connectivity index (χ1) is 7.36. The number of hydrogen-bond acceptors (Lipinski definition) is 4. The van der Waals surface area contributed by atoms with E-state index in [2.05, 4.69) is 9.97 Å². The van der Waals surface area contributed by atoms with Gasteiger partial charge in [0.05, 0.1) is 0 Å². The first kappa shape index (κ1) is 8.92. The fraction of sp³-hybridized carbons (Fsp3) is 0. The molecule has 0 fully saturated rings. The molecule has 5 nitrogen and oxygen atoms in total. The smallest absolute Gasteiger partial charge is 0.183 e. The average molecular weight is 195 g/mol. The number of nitrogens with zero attached hydrogens (tertiary/aromatic N) is 5. The van der Waals surface area contributed by atoms with Crippen LogP contribution in [-0.2, 0) is 0 Å². The number of nitriles is 2. The van der Waals surface area contributed by atoms with Gasteiger partial charge in [-0.2, -0.15) is 10.5 Å². The van der Waals surface area contributed by atoms with Gasteiger partial charge in [-0.05, 0) is 12.1 Å². The average Bonchev–Trinajstić information content (AvgIpc) is 2.76. The summed E-state index contributed by atoms with van der Waals surface area (Å²) in [5.74, 6) is 0.376. The highest BCUT2D eigenvalue weighted by Crippen LogP contribution is 2.11. The van der Waals surface area contributed by atoms with E-state index in [0.29, 0.717) is 11.5 Å². The van der Waals surface area contributed by atoms with Gasteiger partial charge in [0.1, 0.15) is 17.8 Å². The Labute approximate surface area is 85.9 Å². The predicted molar refractivity (Wildman–Crippen MR) is 50.8 cm³/mol. The summed E-state index contributed by atoms with van der Waals surface area (Å²) in [6.45, 7) is 0. The van der Waals surface area contributed by atoms with E-state index in [1.54, 1.807) is 18.3 Å². The number of rotatable bonds is 1. The third-order valence-electron chi connectivity index (χ3n) is 1.88. The minimum absolute atomic E-state index is 0.199. The van der Waals surface area contributed by atoms with Gasteiger partial charge in [-0.1, -0.05) is 0 Å². The van der Waals surface area contributed by atoms with Crippen molar-refractivity contribution < 1.29 is 0 Å². The van der Waals surface area contributed by atoms with Crippen molar-refractivity contribution in [2.45, 2.75) is 0 Å². The highest BCUT2D eigenvalue weighted by Gasteiger charge is 2.09. The summed E-state index contributed by atoms with van der Waals surface area (Å²) in [5, 5.41) is 17.7. The van der Waals surface area contributed by atoms with Crippen LogP contribution in [0.2, 0.25) is 0 Å². The van der Waals surface area contributed by atoms with Crippen molar-refractivity contribution in [2.24, 2.45) is 0 Å². The Balaban J connectivity index is 2.66. The van der Waals surface area contributed by atoms with Gasteiger partial charge in [0.2, 0.25) is 0 Å². The molecule has 0 spiro atoms. The van der Waals surface area contributed by atoms with E-state index in [1.807, 2.05) is 12.1 Å². The van der Waals surface area contributed by atoms with E-state index in [1.165, 1.54) is 17.0 Å². The molecule has 2 aromatic heterocycles. The highest BCUT2D eigenvalue weighted by molar-refractivity contribution is 5.41. The van der Waals surface area contributed by atoms with Gasteiger partial charge in [0.15, 0.2) is 11.5 Å². The van der Waals surface area contributed by atoms with Gasteiger partial charge in [0, 0.05) is 18.6 Å². The zero-order valence-corrected chi connectivity index (χ0v) is 7.62. The van der Waals surface area contributed by atoms with Crippen molar-refractivity contribution in [2.75, 3.05) is 0 Å². The zero-order valence-electron chi connectivity index (χ0n) is 7.62. The van der Waals surface area contributed by atoms with Gasteiger partial charge < -0.3 is 0 Å². The molecule has 0 bridgehead atoms. The molecule has 0 aliphatic heterocycles. The van der Waals surface area contributed by atoms with Crippen LogP contribution in [0.3, 0.4) is 0 Å². The van der Waals surface area contributed by atoms with Crippen molar-refractivity contribution in [3.8, 4) is 18.0 Å². The minimum Gasteiger partial charge on any atom is -0.290 e. The zero-order chi connectivity index (χ0) is 10.7. The lowest BCUT2D eigenvalue weighted by Crippen LogP contribution is -2.02. The second-order valence-electron chi connectivity index (χ2n) is 2.72. The largest absolute Gasteiger partial charge is 0.290 e. The van der Waals surface area contributed by atoms with Crippen LogP contribution in [0.5, 0.6) is 0 Å². The van der Waals surface area contributed by atoms with Gasteiger partial charge in [0.25, 0.3) is 0 Å². The molecule has 0 radical (unpaired) electrons. The molecule has 0 aliphatic carbocycles. The summed E-state index contributed by atoms with van der Waals surface area (Å²) < 4.78 is 1.53. The molecule has 2 aromatic rings. The lowest BCUT2D eigenvalue weighted by molar-refractivity contribution is 0.955. The van der Waals surface area contributed by atoms with Gasteiger partial charge in [-0.3, -0.25) is 4.57 Å². The summed E-state index contributed by atoms with van der Waals surface area (Å²) >= 11 is 0. The Hall–Kier alpha value is -2.66. The Kier molecular flexibility index (Phi) is 2.14. The van der Waals surface area contributed by atoms with Gasteiger partial charge in [-0.25, -0.2) is 9.97 Å². The number of aromatic nitrogens is 3. The van der Waals surface area contributed by atoms with Gasteiger partial charge in [-0.15, -0.1) is 0 Å². The standard InChI is InChI=1S/C10H5N5/c11-6-8-2-1-5-15(8)10-9(7-12)13-3-4-14-10/h1-5H. The van der Waals surface area contributed by atoms with E-state index >= 15 is 0 Å². The first-order valence-electron chi connectivity index (χ1n) is 4.15. The fourth-order valence-corrected chi connectivity index (χ4v) is 1.24. The molecule has 2 rings (SSSR count). The van der Waals surface area contributed by atoms with Crippen LogP contribution >= 0.6 is 0 Å². The lowest BCUT2D eigenvalue weighted by atomic mass is 10.4. The summed E-state index contributed by atoms with van der Waals surface area (Å²) in [6.07, 6.45) is 4.60. The molecule has 0 atom stereocenters. The van der Waals surface area contributed by atoms with Crippen LogP contribution in [0.15, 0.2) is 30.7 Å². The summed E-state index contributed by atoms with van der Waals surface area (Å²) in [7, 11) is 0.